The number of hydrogen-bond donors (Lipinski definition) is 2. The Morgan fingerprint density at radius 3 is 2.52 bits per heavy atom. The Balaban J connectivity index is 2.34. The van der Waals surface area contributed by atoms with E-state index < -0.39 is 12.8 Å². The zero-order valence-corrected chi connectivity index (χ0v) is 14.7. The molecule has 0 heterocycles. The highest BCUT2D eigenvalue weighted by Crippen LogP contribution is 2.22. The quantitative estimate of drug-likeness (QED) is 0.323. The second kappa shape index (κ2) is 9.60. The molecule has 0 bridgehead atoms. The van der Waals surface area contributed by atoms with Crippen molar-refractivity contribution in [2.75, 3.05) is 33.4 Å². The number of alkyl halides is 3. The highest BCUT2D eigenvalue weighted by Gasteiger charge is 2.27. The SMILES string of the molecule is CN=C(NCCCOCC(F)(F)F)NCC(C)(C)c1cccc(F)c1. The first-order valence-electron chi connectivity index (χ1n) is 7.99. The maximum absolute atomic E-state index is 13.4. The molecule has 0 spiro atoms. The molecule has 0 aliphatic heterocycles. The molecule has 0 aromatic heterocycles. The maximum Gasteiger partial charge on any atom is 0.411 e. The molecule has 0 radical (unpaired) electrons. The summed E-state index contributed by atoms with van der Waals surface area (Å²) in [5.41, 5.74) is 0.534. The molecule has 0 fully saturated rings. The lowest BCUT2D eigenvalue weighted by molar-refractivity contribution is -0.173. The third-order valence-corrected chi connectivity index (χ3v) is 3.55. The third kappa shape index (κ3) is 8.72. The molecule has 1 rings (SSSR count). The summed E-state index contributed by atoms with van der Waals surface area (Å²) in [6, 6.07) is 6.42. The monoisotopic (exact) mass is 363 g/mol. The van der Waals surface area contributed by atoms with Crippen LogP contribution in [0.4, 0.5) is 17.6 Å². The van der Waals surface area contributed by atoms with E-state index in [2.05, 4.69) is 20.4 Å². The highest BCUT2D eigenvalue weighted by atomic mass is 19.4. The number of hydrogen-bond acceptors (Lipinski definition) is 2. The first kappa shape index (κ1) is 21.2. The van der Waals surface area contributed by atoms with Gasteiger partial charge in [-0.3, -0.25) is 4.99 Å². The molecule has 2 N–H and O–H groups in total. The molecule has 1 aromatic carbocycles. The lowest BCUT2D eigenvalue weighted by Crippen LogP contribution is -2.43. The molecule has 25 heavy (non-hydrogen) atoms. The Morgan fingerprint density at radius 2 is 1.92 bits per heavy atom. The molecule has 0 amide bonds. The number of nitrogens with zero attached hydrogens (tertiary/aromatic N) is 1. The van der Waals surface area contributed by atoms with E-state index in [1.807, 2.05) is 19.9 Å². The largest absolute Gasteiger partial charge is 0.411 e. The Labute approximate surface area is 145 Å². The van der Waals surface area contributed by atoms with E-state index >= 15 is 0 Å². The van der Waals surface area contributed by atoms with Gasteiger partial charge in [-0.1, -0.05) is 26.0 Å². The van der Waals surface area contributed by atoms with Crippen molar-refractivity contribution in [3.05, 3.63) is 35.6 Å². The van der Waals surface area contributed by atoms with Crippen molar-refractivity contribution in [3.63, 3.8) is 0 Å². The second-order valence-electron chi connectivity index (χ2n) is 6.27. The normalized spacial score (nSPS) is 13.0. The highest BCUT2D eigenvalue weighted by molar-refractivity contribution is 5.79. The lowest BCUT2D eigenvalue weighted by atomic mass is 9.84. The van der Waals surface area contributed by atoms with Gasteiger partial charge in [0.1, 0.15) is 12.4 Å². The number of aliphatic imine (C=N–C) groups is 1. The Morgan fingerprint density at radius 1 is 1.20 bits per heavy atom. The van der Waals surface area contributed by atoms with Gasteiger partial charge in [-0.15, -0.1) is 0 Å². The number of guanidine groups is 1. The van der Waals surface area contributed by atoms with Crippen molar-refractivity contribution in [1.29, 1.82) is 0 Å². The van der Waals surface area contributed by atoms with E-state index in [4.69, 9.17) is 0 Å². The van der Waals surface area contributed by atoms with Crippen molar-refractivity contribution in [1.82, 2.24) is 10.6 Å². The summed E-state index contributed by atoms with van der Waals surface area (Å²) in [6.45, 7) is 3.68. The van der Waals surface area contributed by atoms with Gasteiger partial charge in [0.05, 0.1) is 0 Å². The van der Waals surface area contributed by atoms with E-state index in [0.717, 1.165) is 5.56 Å². The van der Waals surface area contributed by atoms with Crippen LogP contribution in [0.25, 0.3) is 0 Å². The molecule has 0 aliphatic rings. The van der Waals surface area contributed by atoms with Crippen LogP contribution in [0.2, 0.25) is 0 Å². The molecular weight excluding hydrogens is 338 g/mol. The molecular formula is C17H25F4N3O. The van der Waals surface area contributed by atoms with Crippen LogP contribution in [0.15, 0.2) is 29.3 Å². The standard InChI is InChI=1S/C17H25F4N3O/c1-16(2,13-6-4-7-14(18)10-13)11-24-15(22-3)23-8-5-9-25-12-17(19,20)21/h4,6-7,10H,5,8-9,11-12H2,1-3H3,(H2,22,23,24). The van der Waals surface area contributed by atoms with E-state index in [1.165, 1.54) is 12.1 Å². The van der Waals surface area contributed by atoms with Crippen LogP contribution in [-0.4, -0.2) is 45.5 Å². The van der Waals surface area contributed by atoms with Crippen molar-refractivity contribution < 1.29 is 22.3 Å². The van der Waals surface area contributed by atoms with Crippen LogP contribution in [0.1, 0.15) is 25.8 Å². The average molecular weight is 363 g/mol. The van der Waals surface area contributed by atoms with Crippen LogP contribution in [0, 0.1) is 5.82 Å². The summed E-state index contributed by atoms with van der Waals surface area (Å²) >= 11 is 0. The van der Waals surface area contributed by atoms with Gasteiger partial charge in [0.25, 0.3) is 0 Å². The summed E-state index contributed by atoms with van der Waals surface area (Å²) in [7, 11) is 1.60. The van der Waals surface area contributed by atoms with Crippen LogP contribution < -0.4 is 10.6 Å². The van der Waals surface area contributed by atoms with Gasteiger partial charge in [0.15, 0.2) is 5.96 Å². The van der Waals surface area contributed by atoms with Gasteiger partial charge in [-0.05, 0) is 24.1 Å². The molecule has 4 nitrogen and oxygen atoms in total. The molecule has 0 atom stereocenters. The smallest absolute Gasteiger partial charge is 0.372 e. The van der Waals surface area contributed by atoms with Crippen LogP contribution in [0.5, 0.6) is 0 Å². The lowest BCUT2D eigenvalue weighted by Gasteiger charge is -2.26. The zero-order valence-electron chi connectivity index (χ0n) is 14.7. The Hall–Kier alpha value is -1.83. The van der Waals surface area contributed by atoms with Crippen molar-refractivity contribution in [2.24, 2.45) is 4.99 Å². The summed E-state index contributed by atoms with van der Waals surface area (Å²) < 4.78 is 53.7. The predicted octanol–water partition coefficient (Wildman–Crippen LogP) is 3.24. The van der Waals surface area contributed by atoms with Crippen LogP contribution >= 0.6 is 0 Å². The van der Waals surface area contributed by atoms with Gasteiger partial charge in [-0.2, -0.15) is 13.2 Å². The van der Waals surface area contributed by atoms with Gasteiger partial charge < -0.3 is 15.4 Å². The number of benzene rings is 1. The second-order valence-corrected chi connectivity index (χ2v) is 6.27. The van der Waals surface area contributed by atoms with Crippen LogP contribution in [0.3, 0.4) is 0 Å². The minimum Gasteiger partial charge on any atom is -0.372 e. The fourth-order valence-corrected chi connectivity index (χ4v) is 2.11. The van der Waals surface area contributed by atoms with E-state index in [9.17, 15) is 17.6 Å². The number of rotatable bonds is 8. The molecule has 0 unspecified atom stereocenters. The van der Waals surface area contributed by atoms with Crippen molar-refractivity contribution >= 4 is 5.96 Å². The Kier molecular flexibility index (Phi) is 8.15. The molecule has 0 saturated heterocycles. The minimum absolute atomic E-state index is 0.0122. The minimum atomic E-state index is -4.30. The summed E-state index contributed by atoms with van der Waals surface area (Å²) in [4.78, 5) is 4.06. The molecule has 8 heteroatoms. The summed E-state index contributed by atoms with van der Waals surface area (Å²) in [5, 5.41) is 6.14. The fourth-order valence-electron chi connectivity index (χ4n) is 2.11. The van der Waals surface area contributed by atoms with Crippen LogP contribution in [-0.2, 0) is 10.2 Å². The predicted molar refractivity (Wildman–Crippen MR) is 90.3 cm³/mol. The first-order valence-corrected chi connectivity index (χ1v) is 7.99. The zero-order chi connectivity index (χ0) is 18.9. The molecule has 1 aromatic rings. The first-order chi connectivity index (χ1) is 11.6. The number of nitrogens with one attached hydrogen (secondary N) is 2. The average Bonchev–Trinajstić information content (AvgIpc) is 2.52. The van der Waals surface area contributed by atoms with Crippen molar-refractivity contribution in [3.8, 4) is 0 Å². The third-order valence-electron chi connectivity index (χ3n) is 3.55. The molecule has 142 valence electrons. The van der Waals surface area contributed by atoms with Crippen molar-refractivity contribution in [2.45, 2.75) is 31.9 Å². The summed E-state index contributed by atoms with van der Waals surface area (Å²) in [6.07, 6.45) is -3.88. The van der Waals surface area contributed by atoms with Gasteiger partial charge in [-0.25, -0.2) is 4.39 Å². The number of ether oxygens (including phenoxy) is 1. The van der Waals surface area contributed by atoms with E-state index in [0.29, 0.717) is 25.5 Å². The van der Waals surface area contributed by atoms with Gasteiger partial charge >= 0.3 is 6.18 Å². The Bertz CT molecular complexity index is 559. The number of halogens is 4. The van der Waals surface area contributed by atoms with E-state index in [-0.39, 0.29) is 17.8 Å². The van der Waals surface area contributed by atoms with E-state index in [1.54, 1.807) is 13.1 Å². The topological polar surface area (TPSA) is 45.7 Å². The maximum atomic E-state index is 13.4. The van der Waals surface area contributed by atoms with Gasteiger partial charge in [0, 0.05) is 32.2 Å². The fraction of sp³-hybridized carbons (Fsp3) is 0.588. The van der Waals surface area contributed by atoms with Gasteiger partial charge in [0.2, 0.25) is 0 Å². The molecule has 0 aliphatic carbocycles. The summed E-state index contributed by atoms with van der Waals surface area (Å²) in [5.74, 6) is 0.243. The molecule has 0 saturated carbocycles.